The molecule has 1 aromatic rings. The molecule has 0 atom stereocenters. The molecule has 2 rings (SSSR count). The number of aryl methyl sites for hydroxylation is 1. The van der Waals surface area contributed by atoms with E-state index < -0.39 is 0 Å². The first kappa shape index (κ1) is 10.6. The minimum absolute atomic E-state index is 0.767. The molecule has 1 aliphatic carbocycles. The summed E-state index contributed by atoms with van der Waals surface area (Å²) in [6.07, 6.45) is 2.64. The molecule has 72 valence electrons. The Hall–Kier alpha value is -0.490. The molecule has 0 radical (unpaired) electrons. The maximum Gasteiger partial charge on any atom is 0.0443 e. The van der Waals surface area contributed by atoms with Gasteiger partial charge >= 0.3 is 0 Å². The zero-order valence-corrected chi connectivity index (χ0v) is 9.36. The summed E-state index contributed by atoms with van der Waals surface area (Å²) in [5.41, 5.74) is 2.59. The van der Waals surface area contributed by atoms with Crippen LogP contribution in [0.3, 0.4) is 0 Å². The van der Waals surface area contributed by atoms with Gasteiger partial charge in [-0.2, -0.15) is 0 Å². The molecule has 1 aliphatic rings. The Morgan fingerprint density at radius 3 is 2.31 bits per heavy atom. The minimum Gasteiger partial charge on any atom is -0.0840 e. The quantitative estimate of drug-likeness (QED) is 0.618. The lowest BCUT2D eigenvalue weighted by atomic mass is 10.1. The third kappa shape index (κ3) is 2.73. The zero-order valence-electron chi connectivity index (χ0n) is 8.60. The highest BCUT2D eigenvalue weighted by Gasteiger charge is 2.25. The molecule has 0 aromatic heterocycles. The molecule has 0 bridgehead atoms. The molecule has 0 N–H and O–H groups in total. The second-order valence-corrected chi connectivity index (χ2v) is 3.71. The summed E-state index contributed by atoms with van der Waals surface area (Å²) in [4.78, 5) is 0. The number of rotatable bonds is 1. The van der Waals surface area contributed by atoms with Gasteiger partial charge in [0.1, 0.15) is 0 Å². The molecule has 0 amide bonds. The van der Waals surface area contributed by atoms with Gasteiger partial charge in [-0.15, -0.1) is 0 Å². The van der Waals surface area contributed by atoms with E-state index in [9.17, 15) is 0 Å². The van der Waals surface area contributed by atoms with Crippen molar-refractivity contribution in [2.45, 2.75) is 39.5 Å². The van der Waals surface area contributed by atoms with E-state index in [2.05, 4.69) is 25.1 Å². The van der Waals surface area contributed by atoms with E-state index in [4.69, 9.17) is 11.6 Å². The van der Waals surface area contributed by atoms with Crippen molar-refractivity contribution in [2.75, 3.05) is 0 Å². The number of hydrogen-bond acceptors (Lipinski definition) is 0. The Bertz CT molecular complexity index is 274. The van der Waals surface area contributed by atoms with Crippen molar-refractivity contribution < 1.29 is 0 Å². The summed E-state index contributed by atoms with van der Waals surface area (Å²) in [6.45, 7) is 6.07. The second-order valence-electron chi connectivity index (χ2n) is 3.30. The fourth-order valence-electron chi connectivity index (χ4n) is 1.36. The molecule has 0 spiro atoms. The molecule has 1 saturated carbocycles. The number of hydrogen-bond donors (Lipinski definition) is 0. The largest absolute Gasteiger partial charge is 0.0840 e. The smallest absolute Gasteiger partial charge is 0.0443 e. The van der Waals surface area contributed by atoms with Crippen LogP contribution < -0.4 is 0 Å². The van der Waals surface area contributed by atoms with Gasteiger partial charge in [-0.25, -0.2) is 0 Å². The van der Waals surface area contributed by atoms with Crippen LogP contribution >= 0.6 is 11.6 Å². The van der Waals surface area contributed by atoms with Crippen LogP contribution in [0.2, 0.25) is 5.02 Å². The van der Waals surface area contributed by atoms with Crippen LogP contribution in [0.1, 0.15) is 43.7 Å². The summed E-state index contributed by atoms with van der Waals surface area (Å²) in [7, 11) is 0. The molecule has 0 aliphatic heterocycles. The van der Waals surface area contributed by atoms with Crippen molar-refractivity contribution in [2.24, 2.45) is 0 Å². The van der Waals surface area contributed by atoms with E-state index in [1.54, 1.807) is 0 Å². The summed E-state index contributed by atoms with van der Waals surface area (Å²) >= 11 is 6.06. The number of benzene rings is 1. The van der Waals surface area contributed by atoms with Gasteiger partial charge in [0.05, 0.1) is 0 Å². The molecule has 1 heteroatoms. The fraction of sp³-hybridized carbons (Fsp3) is 0.500. The third-order valence-corrected chi connectivity index (χ3v) is 2.50. The van der Waals surface area contributed by atoms with E-state index in [-0.39, 0.29) is 0 Å². The first-order valence-electron chi connectivity index (χ1n) is 5.03. The highest BCUT2D eigenvalue weighted by atomic mass is 35.5. The minimum atomic E-state index is 0.767. The van der Waals surface area contributed by atoms with Gasteiger partial charge in [-0.3, -0.25) is 0 Å². The molecule has 0 unspecified atom stereocenters. The predicted molar refractivity (Wildman–Crippen MR) is 59.5 cm³/mol. The molecule has 1 fully saturated rings. The molecule has 0 nitrogen and oxygen atoms in total. The average molecular weight is 197 g/mol. The van der Waals surface area contributed by atoms with Crippen LogP contribution in [0.25, 0.3) is 0 Å². The van der Waals surface area contributed by atoms with E-state index in [1.165, 1.54) is 24.0 Å². The maximum atomic E-state index is 6.06. The first-order chi connectivity index (χ1) is 6.27. The van der Waals surface area contributed by atoms with Gasteiger partial charge in [0.25, 0.3) is 0 Å². The fourth-order valence-corrected chi connectivity index (χ4v) is 1.75. The molecular formula is C12H17Cl. The SMILES string of the molecule is CC.Cc1ccc(C2CC2)c(Cl)c1. The Morgan fingerprint density at radius 1 is 1.23 bits per heavy atom. The van der Waals surface area contributed by atoms with Gasteiger partial charge in [-0.1, -0.05) is 37.6 Å². The van der Waals surface area contributed by atoms with Crippen molar-refractivity contribution in [1.82, 2.24) is 0 Å². The van der Waals surface area contributed by atoms with Crippen LogP contribution in [-0.4, -0.2) is 0 Å². The molecule has 1 aromatic carbocycles. The summed E-state index contributed by atoms with van der Waals surface area (Å²) in [5, 5.41) is 0.951. The second kappa shape index (κ2) is 4.66. The summed E-state index contributed by atoms with van der Waals surface area (Å²) in [6, 6.07) is 6.35. The summed E-state index contributed by atoms with van der Waals surface area (Å²) in [5.74, 6) is 0.767. The third-order valence-electron chi connectivity index (χ3n) is 2.17. The van der Waals surface area contributed by atoms with Gasteiger partial charge < -0.3 is 0 Å². The van der Waals surface area contributed by atoms with Crippen molar-refractivity contribution >= 4 is 11.6 Å². The first-order valence-corrected chi connectivity index (χ1v) is 5.41. The normalized spacial score (nSPS) is 14.8. The lowest BCUT2D eigenvalue weighted by Crippen LogP contribution is -1.81. The van der Waals surface area contributed by atoms with Crippen molar-refractivity contribution in [3.05, 3.63) is 34.3 Å². The van der Waals surface area contributed by atoms with Crippen LogP contribution in [0, 0.1) is 6.92 Å². The average Bonchev–Trinajstić information content (AvgIpc) is 2.91. The Labute approximate surface area is 85.9 Å². The van der Waals surface area contributed by atoms with Crippen molar-refractivity contribution in [3.63, 3.8) is 0 Å². The Kier molecular flexibility index (Phi) is 3.80. The molecule has 0 saturated heterocycles. The zero-order chi connectivity index (χ0) is 9.84. The predicted octanol–water partition coefficient (Wildman–Crippen LogP) is 4.55. The van der Waals surface area contributed by atoms with Gasteiger partial charge in [0.2, 0.25) is 0 Å². The van der Waals surface area contributed by atoms with Gasteiger partial charge in [0.15, 0.2) is 0 Å². The highest BCUT2D eigenvalue weighted by Crippen LogP contribution is 2.43. The maximum absolute atomic E-state index is 6.06. The van der Waals surface area contributed by atoms with Gasteiger partial charge in [-0.05, 0) is 42.9 Å². The van der Waals surface area contributed by atoms with E-state index in [0.29, 0.717) is 0 Å². The van der Waals surface area contributed by atoms with Crippen LogP contribution in [0.15, 0.2) is 18.2 Å². The van der Waals surface area contributed by atoms with Crippen molar-refractivity contribution in [3.8, 4) is 0 Å². The van der Waals surface area contributed by atoms with Gasteiger partial charge in [0, 0.05) is 5.02 Å². The molecular weight excluding hydrogens is 180 g/mol. The lowest BCUT2D eigenvalue weighted by molar-refractivity contribution is 1.13. The van der Waals surface area contributed by atoms with Crippen LogP contribution in [-0.2, 0) is 0 Å². The molecule has 0 heterocycles. The summed E-state index contributed by atoms with van der Waals surface area (Å²) < 4.78 is 0. The van der Waals surface area contributed by atoms with Crippen LogP contribution in [0.5, 0.6) is 0 Å². The lowest BCUT2D eigenvalue weighted by Gasteiger charge is -2.01. The number of halogens is 1. The van der Waals surface area contributed by atoms with E-state index >= 15 is 0 Å². The topological polar surface area (TPSA) is 0 Å². The van der Waals surface area contributed by atoms with Crippen molar-refractivity contribution in [1.29, 1.82) is 0 Å². The Balaban J connectivity index is 0.000000396. The van der Waals surface area contributed by atoms with Crippen LogP contribution in [0.4, 0.5) is 0 Å². The monoisotopic (exact) mass is 196 g/mol. The Morgan fingerprint density at radius 2 is 1.85 bits per heavy atom. The van der Waals surface area contributed by atoms with E-state index in [1.807, 2.05) is 13.8 Å². The standard InChI is InChI=1S/C10H11Cl.C2H6/c1-7-2-5-9(8-3-4-8)10(11)6-7;1-2/h2,5-6,8H,3-4H2,1H3;1-2H3. The molecule has 13 heavy (non-hydrogen) atoms. The highest BCUT2D eigenvalue weighted by molar-refractivity contribution is 6.31. The van der Waals surface area contributed by atoms with E-state index in [0.717, 1.165) is 10.9 Å².